The van der Waals surface area contributed by atoms with Crippen LogP contribution in [0.15, 0.2) is 59.5 Å². The van der Waals surface area contributed by atoms with E-state index in [-0.39, 0.29) is 36.2 Å². The number of nitrogens with zero attached hydrogens (tertiary/aromatic N) is 5. The van der Waals surface area contributed by atoms with E-state index in [0.717, 1.165) is 68.3 Å². The lowest BCUT2D eigenvalue weighted by Gasteiger charge is -2.28. The van der Waals surface area contributed by atoms with Gasteiger partial charge in [0.15, 0.2) is 0 Å². The number of fused-ring (bicyclic) bond motifs is 2. The van der Waals surface area contributed by atoms with Gasteiger partial charge in [0.1, 0.15) is 17.4 Å². The summed E-state index contributed by atoms with van der Waals surface area (Å²) in [6.07, 6.45) is 3.15. The molecule has 1 atom stereocenters. The fourth-order valence-corrected chi connectivity index (χ4v) is 7.85. The molecule has 3 amide bonds. The molecule has 304 valence electrons. The van der Waals surface area contributed by atoms with Crippen molar-refractivity contribution in [3.05, 3.63) is 87.7 Å². The number of halogens is 3. The maximum atomic E-state index is 13.2. The van der Waals surface area contributed by atoms with Gasteiger partial charge in [0.05, 0.1) is 28.2 Å². The summed E-state index contributed by atoms with van der Waals surface area (Å²) in [5.74, 6) is 5.31. The summed E-state index contributed by atoms with van der Waals surface area (Å²) in [7, 11) is 1.66. The van der Waals surface area contributed by atoms with Crippen LogP contribution in [0.2, 0.25) is 0 Å². The molecule has 13 nitrogen and oxygen atoms in total. The maximum Gasteiger partial charge on any atom is 0.433 e. The van der Waals surface area contributed by atoms with Gasteiger partial charge >= 0.3 is 11.9 Å². The Kier molecular flexibility index (Phi) is 11.3. The Bertz CT molecular complexity index is 2510. The van der Waals surface area contributed by atoms with Gasteiger partial charge in [0.2, 0.25) is 11.8 Å². The van der Waals surface area contributed by atoms with E-state index in [0.29, 0.717) is 34.5 Å². The van der Waals surface area contributed by atoms with Crippen molar-refractivity contribution in [1.29, 1.82) is 0 Å². The second kappa shape index (κ2) is 16.2. The van der Waals surface area contributed by atoms with Gasteiger partial charge in [-0.25, -0.2) is 9.78 Å². The van der Waals surface area contributed by atoms with Crippen LogP contribution in [-0.4, -0.2) is 59.8 Å². The zero-order valence-electron chi connectivity index (χ0n) is 32.4. The number of nitrogens with one attached hydrogen (secondary N) is 3. The van der Waals surface area contributed by atoms with Crippen LogP contribution in [-0.2, 0) is 28.4 Å². The number of alkyl halides is 3. The van der Waals surface area contributed by atoms with Crippen LogP contribution in [0.5, 0.6) is 0 Å². The quantitative estimate of drug-likeness (QED) is 0.0793. The minimum absolute atomic E-state index is 0.175. The number of piperidine rings is 1. The Morgan fingerprint density at radius 1 is 1.02 bits per heavy atom. The van der Waals surface area contributed by atoms with Gasteiger partial charge in [-0.15, -0.1) is 0 Å². The van der Waals surface area contributed by atoms with E-state index in [1.54, 1.807) is 39.1 Å². The standard InChI is InChI=1S/C42H45F3N8O5/c1-41(2,58)29-22-31-27(21-32(29)48-38(55)30-9-7-10-36(47-30)42(43,44)45)24-52(50-31)28-14-11-26(12-15-28)23-46-19-6-4-5-8-25-13-16-33-35(20-25)51(3)40(57)53(33)34-17-18-37(54)49-39(34)56/h7,9-10,13,16,20-22,24,26,28,34,46,58H,4,6,11-12,14-15,17-19,23H2,1-3H3,(H,48,55)(H,49,54,56)/t26-,28-,34?. The fraction of sp³-hybridized carbons (Fsp3) is 0.429. The molecule has 4 N–H and O–H groups in total. The minimum Gasteiger partial charge on any atom is -0.386 e. The topological polar surface area (TPSA) is 165 Å². The van der Waals surface area contributed by atoms with Crippen molar-refractivity contribution in [1.82, 2.24) is 34.5 Å². The fourth-order valence-electron chi connectivity index (χ4n) is 7.85. The number of anilines is 1. The molecular formula is C42H45F3N8O5. The first-order valence-corrected chi connectivity index (χ1v) is 19.4. The van der Waals surface area contributed by atoms with Crippen molar-refractivity contribution >= 4 is 45.3 Å². The highest BCUT2D eigenvalue weighted by atomic mass is 19.4. The van der Waals surface area contributed by atoms with Gasteiger partial charge in [0.25, 0.3) is 5.91 Å². The van der Waals surface area contributed by atoms with Crippen LogP contribution in [0.3, 0.4) is 0 Å². The zero-order chi connectivity index (χ0) is 41.4. The number of imidazole rings is 1. The van der Waals surface area contributed by atoms with Crippen molar-refractivity contribution in [2.75, 3.05) is 18.4 Å². The molecule has 0 bridgehead atoms. The van der Waals surface area contributed by atoms with E-state index < -0.39 is 41.0 Å². The summed E-state index contributed by atoms with van der Waals surface area (Å²) in [6, 6.07) is 11.5. The van der Waals surface area contributed by atoms with E-state index in [2.05, 4.69) is 32.8 Å². The predicted molar refractivity (Wildman–Crippen MR) is 211 cm³/mol. The number of aromatic nitrogens is 5. The largest absolute Gasteiger partial charge is 0.433 e. The first kappa shape index (κ1) is 40.4. The number of carbonyl (C=O) groups excluding carboxylic acids is 3. The normalized spacial score (nSPS) is 18.9. The number of rotatable bonds is 10. The van der Waals surface area contributed by atoms with Gasteiger partial charge < -0.3 is 15.7 Å². The molecule has 2 aromatic carbocycles. The first-order chi connectivity index (χ1) is 27.6. The molecule has 58 heavy (non-hydrogen) atoms. The number of unbranched alkanes of at least 4 members (excludes halogenated alkanes) is 1. The molecule has 1 saturated heterocycles. The SMILES string of the molecule is Cn1c(=O)n(C2CCC(=O)NC2=O)c2ccc(C#CCCCNC[C@H]3CC[C@H](n4cc5cc(NC(=O)c6cccc(C(F)(F)F)n6)c(C(C)(C)O)cc5n4)CC3)cc21. The highest BCUT2D eigenvalue weighted by Gasteiger charge is 2.34. The predicted octanol–water partition coefficient (Wildman–Crippen LogP) is 5.71. The lowest BCUT2D eigenvalue weighted by molar-refractivity contribution is -0.141. The molecule has 2 aliphatic rings. The molecule has 7 rings (SSSR count). The Hall–Kier alpha value is -5.79. The van der Waals surface area contributed by atoms with Crippen LogP contribution in [0, 0.1) is 17.8 Å². The molecule has 1 unspecified atom stereocenters. The van der Waals surface area contributed by atoms with Crippen molar-refractivity contribution in [3.63, 3.8) is 0 Å². The Labute approximate surface area is 332 Å². The van der Waals surface area contributed by atoms with Gasteiger partial charge in [-0.05, 0) is 114 Å². The summed E-state index contributed by atoms with van der Waals surface area (Å²) >= 11 is 0. The zero-order valence-corrected chi connectivity index (χ0v) is 32.4. The minimum atomic E-state index is -4.70. The number of carbonyl (C=O) groups is 3. The second-order valence-corrected chi connectivity index (χ2v) is 15.7. The van der Waals surface area contributed by atoms with Crippen molar-refractivity contribution in [2.45, 2.75) is 89.1 Å². The average molecular weight is 799 g/mol. The third kappa shape index (κ3) is 8.70. The highest BCUT2D eigenvalue weighted by Crippen LogP contribution is 2.36. The van der Waals surface area contributed by atoms with E-state index in [1.807, 2.05) is 23.0 Å². The number of aliphatic hydroxyl groups is 1. The molecule has 16 heteroatoms. The van der Waals surface area contributed by atoms with E-state index in [9.17, 15) is 37.5 Å². The van der Waals surface area contributed by atoms with Gasteiger partial charge in [-0.1, -0.05) is 17.9 Å². The van der Waals surface area contributed by atoms with Gasteiger partial charge in [-0.2, -0.15) is 18.3 Å². The molecule has 0 radical (unpaired) electrons. The maximum absolute atomic E-state index is 13.2. The second-order valence-electron chi connectivity index (χ2n) is 15.7. The third-order valence-corrected chi connectivity index (χ3v) is 11.0. The molecule has 3 aromatic heterocycles. The van der Waals surface area contributed by atoms with E-state index >= 15 is 0 Å². The van der Waals surface area contributed by atoms with E-state index in [1.165, 1.54) is 15.2 Å². The van der Waals surface area contributed by atoms with Crippen LogP contribution in [0.1, 0.15) is 105 Å². The molecule has 2 fully saturated rings. The Balaban J connectivity index is 0.895. The van der Waals surface area contributed by atoms with Gasteiger partial charge in [-0.3, -0.25) is 33.5 Å². The lowest BCUT2D eigenvalue weighted by Crippen LogP contribution is -2.44. The van der Waals surface area contributed by atoms with Crippen molar-refractivity contribution < 1.29 is 32.7 Å². The Morgan fingerprint density at radius 3 is 2.52 bits per heavy atom. The van der Waals surface area contributed by atoms with Crippen LogP contribution >= 0.6 is 0 Å². The number of amides is 3. The number of aryl methyl sites for hydroxylation is 1. The first-order valence-electron chi connectivity index (χ1n) is 19.4. The highest BCUT2D eigenvalue weighted by molar-refractivity contribution is 6.04. The smallest absolute Gasteiger partial charge is 0.386 e. The molecule has 1 aliphatic heterocycles. The van der Waals surface area contributed by atoms with Gasteiger partial charge in [0, 0.05) is 48.3 Å². The summed E-state index contributed by atoms with van der Waals surface area (Å²) < 4.78 is 44.5. The molecule has 1 saturated carbocycles. The van der Waals surface area contributed by atoms with E-state index in [4.69, 9.17) is 5.10 Å². The monoisotopic (exact) mass is 798 g/mol. The Morgan fingerprint density at radius 2 is 1.79 bits per heavy atom. The summed E-state index contributed by atoms with van der Waals surface area (Å²) in [4.78, 5) is 53.6. The summed E-state index contributed by atoms with van der Waals surface area (Å²) in [5, 5.41) is 25.0. The number of benzene rings is 2. The van der Waals surface area contributed by atoms with Crippen LogP contribution in [0.4, 0.5) is 18.9 Å². The number of hydrogen-bond acceptors (Lipinski definition) is 8. The number of hydrogen-bond donors (Lipinski definition) is 4. The average Bonchev–Trinajstić information content (AvgIpc) is 3.71. The van der Waals surface area contributed by atoms with Crippen LogP contribution < -0.4 is 21.6 Å². The van der Waals surface area contributed by atoms with Crippen LogP contribution in [0.25, 0.3) is 21.9 Å². The number of pyridine rings is 1. The summed E-state index contributed by atoms with van der Waals surface area (Å²) in [5.41, 5.74) is 0.0841. The summed E-state index contributed by atoms with van der Waals surface area (Å²) in [6.45, 7) is 4.85. The van der Waals surface area contributed by atoms with Crippen molar-refractivity contribution in [3.8, 4) is 11.8 Å². The van der Waals surface area contributed by atoms with Crippen molar-refractivity contribution in [2.24, 2.45) is 13.0 Å². The third-order valence-electron chi connectivity index (χ3n) is 11.0. The molecule has 4 heterocycles. The molecule has 0 spiro atoms. The molecular weight excluding hydrogens is 754 g/mol. The molecule has 1 aliphatic carbocycles. The number of imide groups is 1. The lowest BCUT2D eigenvalue weighted by atomic mass is 9.86. The molecule has 5 aromatic rings.